The van der Waals surface area contributed by atoms with E-state index in [2.05, 4.69) is 20.9 Å². The summed E-state index contributed by atoms with van der Waals surface area (Å²) >= 11 is 4.86. The molecule has 0 bridgehead atoms. The summed E-state index contributed by atoms with van der Waals surface area (Å²) in [6.07, 6.45) is 2.93. The quantitative estimate of drug-likeness (QED) is 0.366. The Hall–Kier alpha value is -2.58. The van der Waals surface area contributed by atoms with Crippen LogP contribution < -0.4 is 4.80 Å². The number of nitro benzene ring substituents is 1. The molecule has 6 nitrogen and oxygen atoms in total. The molecule has 0 aliphatic heterocycles. The van der Waals surface area contributed by atoms with Gasteiger partial charge in [0.1, 0.15) is 0 Å². The molecule has 0 spiro atoms. The zero-order valence-electron chi connectivity index (χ0n) is 13.0. The van der Waals surface area contributed by atoms with Gasteiger partial charge < -0.3 is 4.57 Å². The Morgan fingerprint density at radius 2 is 2.00 bits per heavy atom. The Morgan fingerprint density at radius 1 is 1.28 bits per heavy atom. The molecule has 0 aliphatic carbocycles. The molecule has 3 aromatic rings. The first-order valence-electron chi connectivity index (χ1n) is 7.20. The first-order chi connectivity index (χ1) is 11.9. The van der Waals surface area contributed by atoms with Crippen molar-refractivity contribution in [1.82, 2.24) is 4.57 Å². The van der Waals surface area contributed by atoms with E-state index < -0.39 is 4.92 Å². The van der Waals surface area contributed by atoms with E-state index in [-0.39, 0.29) is 11.6 Å². The molecule has 0 unspecified atom stereocenters. The zero-order valence-corrected chi connectivity index (χ0v) is 15.5. The Bertz CT molecular complexity index is 1060. The van der Waals surface area contributed by atoms with Crippen LogP contribution in [-0.2, 0) is 11.8 Å². The standard InChI is InChI=1S/C17H12BrN3O3S/c1-20-14-8-5-12(18)10-15(14)25-17(20)19-16(22)9-4-11-2-6-13(7-3-11)21(23)24/h2-10H,1H3. The SMILES string of the molecule is Cn1c(=NC(=O)C=Cc2ccc([N+](=O)[O-])cc2)sc2cc(Br)ccc21. The lowest BCUT2D eigenvalue weighted by Crippen LogP contribution is -2.12. The number of aryl methyl sites for hydroxylation is 1. The van der Waals surface area contributed by atoms with E-state index in [4.69, 9.17) is 0 Å². The summed E-state index contributed by atoms with van der Waals surface area (Å²) in [6, 6.07) is 11.8. The van der Waals surface area contributed by atoms with Gasteiger partial charge >= 0.3 is 0 Å². The van der Waals surface area contributed by atoms with Gasteiger partial charge in [-0.25, -0.2) is 0 Å². The Kier molecular flexibility index (Phi) is 4.91. The van der Waals surface area contributed by atoms with Crippen LogP contribution >= 0.6 is 27.3 Å². The normalized spacial score (nSPS) is 12.2. The van der Waals surface area contributed by atoms with E-state index >= 15 is 0 Å². The molecule has 0 fully saturated rings. The maximum Gasteiger partial charge on any atom is 0.272 e. The van der Waals surface area contributed by atoms with Gasteiger partial charge in [-0.05, 0) is 42.0 Å². The van der Waals surface area contributed by atoms with Crippen LogP contribution in [-0.4, -0.2) is 15.4 Å². The monoisotopic (exact) mass is 417 g/mol. The molecule has 1 heterocycles. The summed E-state index contributed by atoms with van der Waals surface area (Å²) < 4.78 is 3.87. The van der Waals surface area contributed by atoms with Gasteiger partial charge in [-0.3, -0.25) is 14.9 Å². The summed E-state index contributed by atoms with van der Waals surface area (Å²) in [4.78, 5) is 27.0. The molecule has 126 valence electrons. The topological polar surface area (TPSA) is 77.5 Å². The number of carbonyl (C=O) groups excluding carboxylic acids is 1. The van der Waals surface area contributed by atoms with E-state index in [1.807, 2.05) is 29.8 Å². The molecule has 25 heavy (non-hydrogen) atoms. The third kappa shape index (κ3) is 3.92. The van der Waals surface area contributed by atoms with Gasteiger partial charge in [0, 0.05) is 29.7 Å². The number of nitro groups is 1. The van der Waals surface area contributed by atoms with E-state index in [0.29, 0.717) is 10.4 Å². The Labute approximate surface area is 155 Å². The third-order valence-electron chi connectivity index (χ3n) is 3.50. The molecular weight excluding hydrogens is 406 g/mol. The van der Waals surface area contributed by atoms with Crippen molar-refractivity contribution >= 4 is 55.2 Å². The average Bonchev–Trinajstić information content (AvgIpc) is 2.88. The van der Waals surface area contributed by atoms with Crippen LogP contribution in [0.4, 0.5) is 5.69 Å². The predicted molar refractivity (Wildman–Crippen MR) is 101 cm³/mol. The second-order valence-corrected chi connectivity index (χ2v) is 7.11. The number of hydrogen-bond acceptors (Lipinski definition) is 4. The van der Waals surface area contributed by atoms with E-state index in [9.17, 15) is 14.9 Å². The van der Waals surface area contributed by atoms with Crippen molar-refractivity contribution in [2.45, 2.75) is 0 Å². The molecule has 0 aliphatic rings. The van der Waals surface area contributed by atoms with Gasteiger partial charge in [0.2, 0.25) is 0 Å². The van der Waals surface area contributed by atoms with Crippen molar-refractivity contribution in [3.63, 3.8) is 0 Å². The van der Waals surface area contributed by atoms with Crippen molar-refractivity contribution in [1.29, 1.82) is 0 Å². The van der Waals surface area contributed by atoms with Crippen LogP contribution in [0.25, 0.3) is 16.3 Å². The van der Waals surface area contributed by atoms with Crippen LogP contribution in [0.2, 0.25) is 0 Å². The highest BCUT2D eigenvalue weighted by Gasteiger charge is 2.05. The molecule has 0 radical (unpaired) electrons. The minimum absolute atomic E-state index is 0.0108. The summed E-state index contributed by atoms with van der Waals surface area (Å²) in [5, 5.41) is 10.6. The van der Waals surface area contributed by atoms with Gasteiger partial charge in [0.15, 0.2) is 4.80 Å². The highest BCUT2D eigenvalue weighted by atomic mass is 79.9. The van der Waals surface area contributed by atoms with E-state index in [1.165, 1.54) is 29.5 Å². The molecule has 0 atom stereocenters. The van der Waals surface area contributed by atoms with Crippen molar-refractivity contribution in [2.24, 2.45) is 12.0 Å². The summed E-state index contributed by atoms with van der Waals surface area (Å²) in [6.45, 7) is 0. The molecule has 1 aromatic heterocycles. The third-order valence-corrected chi connectivity index (χ3v) is 5.09. The number of fused-ring (bicyclic) bond motifs is 1. The van der Waals surface area contributed by atoms with Crippen LogP contribution in [0.3, 0.4) is 0 Å². The van der Waals surface area contributed by atoms with Gasteiger partial charge in [-0.1, -0.05) is 27.3 Å². The number of nitrogens with zero attached hydrogens (tertiary/aromatic N) is 3. The maximum absolute atomic E-state index is 12.1. The first-order valence-corrected chi connectivity index (χ1v) is 8.81. The number of non-ortho nitro benzene ring substituents is 1. The fourth-order valence-corrected chi connectivity index (χ4v) is 3.80. The molecular formula is C17H12BrN3O3S. The minimum Gasteiger partial charge on any atom is -0.319 e. The van der Waals surface area contributed by atoms with Crippen molar-refractivity contribution in [3.8, 4) is 0 Å². The number of thiazole rings is 1. The van der Waals surface area contributed by atoms with E-state index in [0.717, 1.165) is 14.7 Å². The average molecular weight is 418 g/mol. The summed E-state index contributed by atoms with van der Waals surface area (Å²) in [5.74, 6) is -0.389. The molecule has 8 heteroatoms. The molecule has 0 N–H and O–H groups in total. The lowest BCUT2D eigenvalue weighted by molar-refractivity contribution is -0.384. The minimum atomic E-state index is -0.464. The van der Waals surface area contributed by atoms with E-state index in [1.54, 1.807) is 18.2 Å². The number of carbonyl (C=O) groups is 1. The fourth-order valence-electron chi connectivity index (χ4n) is 2.22. The Balaban J connectivity index is 1.85. The molecule has 2 aromatic carbocycles. The maximum atomic E-state index is 12.1. The van der Waals surface area contributed by atoms with Crippen LogP contribution in [0.15, 0.2) is 58.0 Å². The number of aromatic nitrogens is 1. The Morgan fingerprint density at radius 3 is 2.68 bits per heavy atom. The van der Waals surface area contributed by atoms with Gasteiger partial charge in [0.25, 0.3) is 11.6 Å². The van der Waals surface area contributed by atoms with Gasteiger partial charge in [0.05, 0.1) is 15.1 Å². The van der Waals surface area contributed by atoms with Crippen LogP contribution in [0.1, 0.15) is 5.56 Å². The number of rotatable bonds is 3. The largest absolute Gasteiger partial charge is 0.319 e. The van der Waals surface area contributed by atoms with Crippen molar-refractivity contribution in [3.05, 3.63) is 73.5 Å². The molecule has 0 saturated heterocycles. The highest BCUT2D eigenvalue weighted by molar-refractivity contribution is 9.10. The number of benzene rings is 2. The van der Waals surface area contributed by atoms with Crippen LogP contribution in [0, 0.1) is 10.1 Å². The smallest absolute Gasteiger partial charge is 0.272 e. The number of hydrogen-bond donors (Lipinski definition) is 0. The van der Waals surface area contributed by atoms with Gasteiger partial charge in [-0.15, -0.1) is 0 Å². The van der Waals surface area contributed by atoms with Crippen molar-refractivity contribution in [2.75, 3.05) is 0 Å². The number of amides is 1. The van der Waals surface area contributed by atoms with Crippen molar-refractivity contribution < 1.29 is 9.72 Å². The lowest BCUT2D eigenvalue weighted by Gasteiger charge is -1.95. The summed E-state index contributed by atoms with van der Waals surface area (Å²) in [5.41, 5.74) is 1.70. The van der Waals surface area contributed by atoms with Gasteiger partial charge in [-0.2, -0.15) is 4.99 Å². The molecule has 1 amide bonds. The number of halogens is 1. The zero-order chi connectivity index (χ0) is 18.0. The highest BCUT2D eigenvalue weighted by Crippen LogP contribution is 2.21. The van der Waals surface area contributed by atoms with Crippen LogP contribution in [0.5, 0.6) is 0 Å². The lowest BCUT2D eigenvalue weighted by atomic mass is 10.2. The summed E-state index contributed by atoms with van der Waals surface area (Å²) in [7, 11) is 1.86. The molecule has 0 saturated carbocycles. The fraction of sp³-hybridized carbons (Fsp3) is 0.0588. The first kappa shape index (κ1) is 17.2. The predicted octanol–water partition coefficient (Wildman–Crippen LogP) is 4.05. The molecule has 3 rings (SSSR count). The second kappa shape index (κ2) is 7.12. The second-order valence-electron chi connectivity index (χ2n) is 5.19.